The zero-order valence-corrected chi connectivity index (χ0v) is 20.4. The molecule has 34 heavy (non-hydrogen) atoms. The third-order valence-corrected chi connectivity index (χ3v) is 6.94. The number of fused-ring (bicyclic) bond motifs is 4. The standard InChI is InChI=1S/C25H25ClN2O5S/c1-3-34(30,31)27-19-9-11-23-20(14-19)21-16-28(2)25(29)15-24(21)32-12-6-4-5-7-17-13-18(26)8-10-22(17)33-23/h4-5,8-11,13-16,27H,3,6-7,12H2,1-2H3/b5-4+. The molecule has 1 aromatic heterocycles. The molecule has 0 saturated carbocycles. The van der Waals surface area contributed by atoms with Gasteiger partial charge < -0.3 is 14.0 Å². The van der Waals surface area contributed by atoms with Gasteiger partial charge in [-0.2, -0.15) is 0 Å². The Bertz CT molecular complexity index is 1410. The number of sulfonamides is 1. The Morgan fingerprint density at radius 3 is 2.62 bits per heavy atom. The van der Waals surface area contributed by atoms with Crippen LogP contribution in [0.5, 0.6) is 17.2 Å². The predicted octanol–water partition coefficient (Wildman–Crippen LogP) is 5.14. The third-order valence-electron chi connectivity index (χ3n) is 5.40. The van der Waals surface area contributed by atoms with Crippen LogP contribution in [-0.2, 0) is 23.5 Å². The molecule has 0 fully saturated rings. The highest BCUT2D eigenvalue weighted by Crippen LogP contribution is 2.41. The Hall–Kier alpha value is -3.23. The van der Waals surface area contributed by atoms with Crippen molar-refractivity contribution >= 4 is 27.3 Å². The van der Waals surface area contributed by atoms with E-state index < -0.39 is 10.0 Å². The normalized spacial score (nSPS) is 14.6. The maximum Gasteiger partial charge on any atom is 0.254 e. The molecule has 0 spiro atoms. The van der Waals surface area contributed by atoms with Crippen molar-refractivity contribution < 1.29 is 17.9 Å². The maximum atomic E-state index is 12.4. The van der Waals surface area contributed by atoms with Crippen LogP contribution in [0.1, 0.15) is 18.9 Å². The number of aryl methyl sites for hydroxylation is 1. The maximum absolute atomic E-state index is 12.4. The fourth-order valence-corrected chi connectivity index (χ4v) is 4.39. The average Bonchev–Trinajstić information content (AvgIpc) is 2.81. The van der Waals surface area contributed by atoms with E-state index in [9.17, 15) is 13.2 Å². The summed E-state index contributed by atoms with van der Waals surface area (Å²) in [5.41, 5.74) is 2.25. The van der Waals surface area contributed by atoms with Gasteiger partial charge >= 0.3 is 0 Å². The van der Waals surface area contributed by atoms with Crippen molar-refractivity contribution in [2.45, 2.75) is 19.8 Å². The summed E-state index contributed by atoms with van der Waals surface area (Å²) in [5.74, 6) is 1.45. The minimum atomic E-state index is -3.49. The Balaban J connectivity index is 1.93. The Morgan fingerprint density at radius 2 is 1.82 bits per heavy atom. The molecule has 0 bridgehead atoms. The van der Waals surface area contributed by atoms with E-state index in [1.165, 1.54) is 10.6 Å². The quantitative estimate of drug-likeness (QED) is 0.503. The van der Waals surface area contributed by atoms with Crippen molar-refractivity contribution in [2.24, 2.45) is 7.05 Å². The Morgan fingerprint density at radius 1 is 1.03 bits per heavy atom. The SMILES string of the molecule is CCS(=O)(=O)Nc1ccc2c(c1)-c1cn(C)c(=O)cc1OCC/C=C/Cc1cc(Cl)ccc1O2. The number of hydrogen-bond acceptors (Lipinski definition) is 5. The molecule has 0 saturated heterocycles. The number of nitrogens with zero attached hydrogens (tertiary/aromatic N) is 1. The fraction of sp³-hybridized carbons (Fsp3) is 0.240. The lowest BCUT2D eigenvalue weighted by molar-refractivity contribution is 0.325. The van der Waals surface area contributed by atoms with Crippen LogP contribution in [0.15, 0.2) is 65.6 Å². The van der Waals surface area contributed by atoms with Gasteiger partial charge in [-0.25, -0.2) is 8.42 Å². The third kappa shape index (κ3) is 5.46. The monoisotopic (exact) mass is 500 g/mol. The number of rotatable bonds is 3. The summed E-state index contributed by atoms with van der Waals surface area (Å²) < 4.78 is 40.7. The first-order valence-electron chi connectivity index (χ1n) is 10.9. The second-order valence-corrected chi connectivity index (χ2v) is 10.3. The number of ether oxygens (including phenoxy) is 2. The van der Waals surface area contributed by atoms with E-state index in [0.717, 1.165) is 5.56 Å². The molecule has 7 nitrogen and oxygen atoms in total. The highest BCUT2D eigenvalue weighted by molar-refractivity contribution is 7.92. The van der Waals surface area contributed by atoms with Crippen molar-refractivity contribution in [1.29, 1.82) is 0 Å². The number of aromatic nitrogens is 1. The molecule has 0 aliphatic carbocycles. The van der Waals surface area contributed by atoms with Crippen molar-refractivity contribution in [3.8, 4) is 28.4 Å². The molecule has 2 aromatic carbocycles. The van der Waals surface area contributed by atoms with Crippen LogP contribution in [0.2, 0.25) is 5.02 Å². The fourth-order valence-electron chi connectivity index (χ4n) is 3.57. The molecular formula is C25H25ClN2O5S. The summed E-state index contributed by atoms with van der Waals surface area (Å²) in [6.45, 7) is 1.94. The van der Waals surface area contributed by atoms with Crippen molar-refractivity contribution in [3.05, 3.63) is 81.8 Å². The number of anilines is 1. The van der Waals surface area contributed by atoms with E-state index in [2.05, 4.69) is 4.72 Å². The number of allylic oxidation sites excluding steroid dienone is 1. The van der Waals surface area contributed by atoms with Crippen LogP contribution in [0.4, 0.5) is 5.69 Å². The summed E-state index contributed by atoms with van der Waals surface area (Å²) in [4.78, 5) is 12.4. The number of benzene rings is 2. The van der Waals surface area contributed by atoms with Crippen molar-refractivity contribution in [1.82, 2.24) is 4.57 Å². The number of pyridine rings is 1. The van der Waals surface area contributed by atoms with Gasteiger partial charge in [0, 0.05) is 46.7 Å². The minimum absolute atomic E-state index is 0.0596. The van der Waals surface area contributed by atoms with Crippen LogP contribution < -0.4 is 19.8 Å². The molecule has 0 atom stereocenters. The lowest BCUT2D eigenvalue weighted by Gasteiger charge is -2.18. The predicted molar refractivity (Wildman–Crippen MR) is 135 cm³/mol. The van der Waals surface area contributed by atoms with Crippen LogP contribution in [-0.4, -0.2) is 25.3 Å². The van der Waals surface area contributed by atoms with E-state index in [-0.39, 0.29) is 11.3 Å². The summed E-state index contributed by atoms with van der Waals surface area (Å²) in [5, 5.41) is 0.605. The van der Waals surface area contributed by atoms with Crippen LogP contribution in [0, 0.1) is 0 Å². The van der Waals surface area contributed by atoms with E-state index in [1.54, 1.807) is 50.5 Å². The molecule has 9 heteroatoms. The summed E-state index contributed by atoms with van der Waals surface area (Å²) in [6, 6.07) is 11.9. The van der Waals surface area contributed by atoms with Gasteiger partial charge in [-0.3, -0.25) is 9.52 Å². The lowest BCUT2D eigenvalue weighted by atomic mass is 10.0. The van der Waals surface area contributed by atoms with E-state index in [4.69, 9.17) is 21.1 Å². The van der Waals surface area contributed by atoms with Gasteiger partial charge in [0.05, 0.1) is 12.4 Å². The van der Waals surface area contributed by atoms with Gasteiger partial charge in [-0.05, 0) is 56.2 Å². The van der Waals surface area contributed by atoms with Gasteiger partial charge in [0.25, 0.3) is 5.56 Å². The van der Waals surface area contributed by atoms with Crippen LogP contribution >= 0.6 is 11.6 Å². The van der Waals surface area contributed by atoms with Gasteiger partial charge in [-0.1, -0.05) is 23.8 Å². The zero-order valence-electron chi connectivity index (χ0n) is 18.9. The van der Waals surface area contributed by atoms with Gasteiger partial charge in [0.1, 0.15) is 17.2 Å². The Kier molecular flexibility index (Phi) is 7.00. The Labute approximate surface area is 203 Å². The largest absolute Gasteiger partial charge is 0.492 e. The van der Waals surface area contributed by atoms with Crippen molar-refractivity contribution in [2.75, 3.05) is 17.1 Å². The highest BCUT2D eigenvalue weighted by atomic mass is 35.5. The lowest BCUT2D eigenvalue weighted by Crippen LogP contribution is -2.16. The van der Waals surface area contributed by atoms with E-state index in [0.29, 0.717) is 58.5 Å². The first kappa shape index (κ1) is 23.9. The highest BCUT2D eigenvalue weighted by Gasteiger charge is 2.18. The van der Waals surface area contributed by atoms with E-state index >= 15 is 0 Å². The molecule has 178 valence electrons. The topological polar surface area (TPSA) is 86.6 Å². The molecule has 1 aliphatic rings. The van der Waals surface area contributed by atoms with Gasteiger partial charge in [0.2, 0.25) is 10.0 Å². The first-order valence-corrected chi connectivity index (χ1v) is 12.9. The summed E-state index contributed by atoms with van der Waals surface area (Å²) >= 11 is 6.23. The molecular weight excluding hydrogens is 476 g/mol. The number of nitrogens with one attached hydrogen (secondary N) is 1. The molecule has 4 rings (SSSR count). The molecule has 1 N–H and O–H groups in total. The average molecular weight is 501 g/mol. The van der Waals surface area contributed by atoms with Gasteiger partial charge in [-0.15, -0.1) is 0 Å². The summed E-state index contributed by atoms with van der Waals surface area (Å²) in [6.07, 6.45) is 6.96. The second-order valence-electron chi connectivity index (χ2n) is 7.88. The van der Waals surface area contributed by atoms with Crippen LogP contribution in [0.3, 0.4) is 0 Å². The summed E-state index contributed by atoms with van der Waals surface area (Å²) in [7, 11) is -1.84. The number of halogens is 1. The van der Waals surface area contributed by atoms with Gasteiger partial charge in [0.15, 0.2) is 0 Å². The zero-order chi connectivity index (χ0) is 24.3. The first-order chi connectivity index (χ1) is 16.3. The minimum Gasteiger partial charge on any atom is -0.492 e. The second kappa shape index (κ2) is 9.95. The van der Waals surface area contributed by atoms with E-state index in [1.807, 2.05) is 18.2 Å². The van der Waals surface area contributed by atoms with Crippen molar-refractivity contribution in [3.63, 3.8) is 0 Å². The molecule has 0 radical (unpaired) electrons. The smallest absolute Gasteiger partial charge is 0.254 e. The number of hydrogen-bond donors (Lipinski definition) is 1. The molecule has 2 heterocycles. The molecule has 3 aromatic rings. The molecule has 0 unspecified atom stereocenters. The molecule has 0 amide bonds. The molecule has 1 aliphatic heterocycles. The van der Waals surface area contributed by atoms with Crippen LogP contribution in [0.25, 0.3) is 11.1 Å².